The number of ketones is 1. The van der Waals surface area contributed by atoms with Crippen LogP contribution >= 0.6 is 9.47 Å². The molecule has 120 valence electrons. The fraction of sp³-hybridized carbons (Fsp3) is 0.263. The largest absolute Gasteiger partial charge is 0.451 e. The zero-order valence-corrected chi connectivity index (χ0v) is 14.7. The Bertz CT molecular complexity index is 690. The van der Waals surface area contributed by atoms with Crippen LogP contribution in [-0.2, 0) is 9.32 Å². The van der Waals surface area contributed by atoms with Crippen molar-refractivity contribution in [3.8, 4) is 0 Å². The first-order valence-electron chi connectivity index (χ1n) is 7.53. The molecule has 0 N–H and O–H groups in total. The van der Waals surface area contributed by atoms with Crippen molar-refractivity contribution in [3.63, 3.8) is 0 Å². The van der Waals surface area contributed by atoms with E-state index in [1.165, 1.54) is 0 Å². The van der Waals surface area contributed by atoms with E-state index in [-0.39, 0.29) is 5.78 Å². The summed E-state index contributed by atoms with van der Waals surface area (Å²) in [5, 5.41) is 0. The van der Waals surface area contributed by atoms with Crippen molar-refractivity contribution >= 4 is 21.2 Å². The predicted octanol–water partition coefficient (Wildman–Crippen LogP) is 4.24. The van der Waals surface area contributed by atoms with Gasteiger partial charge in [-0.3, -0.25) is 9.59 Å². The summed E-state index contributed by atoms with van der Waals surface area (Å²) in [6, 6.07) is 15.2. The van der Waals surface area contributed by atoms with Crippen LogP contribution in [0.2, 0.25) is 0 Å². The lowest BCUT2D eigenvalue weighted by Crippen LogP contribution is -2.27. The van der Waals surface area contributed by atoms with Crippen molar-refractivity contribution in [1.29, 1.82) is 0 Å². The van der Waals surface area contributed by atoms with Crippen LogP contribution in [0.3, 0.4) is 0 Å². The molecule has 0 saturated carbocycles. The number of hydrogen-bond acceptors (Lipinski definition) is 3. The van der Waals surface area contributed by atoms with Crippen molar-refractivity contribution < 1.29 is 14.1 Å². The van der Waals surface area contributed by atoms with Crippen LogP contribution in [0.25, 0.3) is 0 Å². The Balaban J connectivity index is 2.54. The van der Waals surface area contributed by atoms with Crippen molar-refractivity contribution in [2.45, 2.75) is 26.7 Å². The minimum absolute atomic E-state index is 0.0466. The lowest BCUT2D eigenvalue weighted by atomic mass is 9.79. The summed E-state index contributed by atoms with van der Waals surface area (Å²) < 4.78 is 4.79. The monoisotopic (exact) mass is 328 g/mol. The first-order chi connectivity index (χ1) is 11.0. The maximum atomic E-state index is 13.2. The maximum Gasteiger partial charge on any atom is 0.311 e. The van der Waals surface area contributed by atoms with Gasteiger partial charge in [0.15, 0.2) is 5.78 Å². The molecule has 0 aliphatic rings. The zero-order valence-electron chi connectivity index (χ0n) is 13.6. The van der Waals surface area contributed by atoms with E-state index < -0.39 is 17.8 Å². The van der Waals surface area contributed by atoms with Crippen molar-refractivity contribution in [1.82, 2.24) is 0 Å². The molecular formula is C19H21O3P. The van der Waals surface area contributed by atoms with E-state index in [0.717, 1.165) is 16.7 Å². The summed E-state index contributed by atoms with van der Waals surface area (Å²) in [5.74, 6) is -1.59. The van der Waals surface area contributed by atoms with E-state index in [4.69, 9.17) is 4.52 Å². The Labute approximate surface area is 139 Å². The molecular weight excluding hydrogens is 307 g/mol. The summed E-state index contributed by atoms with van der Waals surface area (Å²) in [6.45, 7) is 5.57. The molecule has 0 fully saturated rings. The van der Waals surface area contributed by atoms with Gasteiger partial charge in [-0.1, -0.05) is 55.5 Å². The van der Waals surface area contributed by atoms with E-state index in [0.29, 0.717) is 5.56 Å². The van der Waals surface area contributed by atoms with E-state index in [1.807, 2.05) is 71.8 Å². The molecule has 2 aromatic rings. The fourth-order valence-corrected chi connectivity index (χ4v) is 3.14. The smallest absolute Gasteiger partial charge is 0.311 e. The van der Waals surface area contributed by atoms with Crippen LogP contribution in [0, 0.1) is 19.8 Å². The highest BCUT2D eigenvalue weighted by Crippen LogP contribution is 2.32. The van der Waals surface area contributed by atoms with Gasteiger partial charge in [0.2, 0.25) is 0 Å². The minimum Gasteiger partial charge on any atom is -0.451 e. The summed E-state index contributed by atoms with van der Waals surface area (Å²) in [4.78, 5) is 25.3. The summed E-state index contributed by atoms with van der Waals surface area (Å²) in [5.41, 5.74) is 3.34. The molecule has 3 atom stereocenters. The van der Waals surface area contributed by atoms with Gasteiger partial charge in [-0.2, -0.15) is 0 Å². The molecule has 3 nitrogen and oxygen atoms in total. The van der Waals surface area contributed by atoms with Gasteiger partial charge >= 0.3 is 5.97 Å². The molecule has 23 heavy (non-hydrogen) atoms. The highest BCUT2D eigenvalue weighted by atomic mass is 31.0. The van der Waals surface area contributed by atoms with Crippen LogP contribution in [0.5, 0.6) is 0 Å². The Hall–Kier alpha value is -1.99. The third-order valence-corrected chi connectivity index (χ3v) is 4.39. The topological polar surface area (TPSA) is 43.4 Å². The third kappa shape index (κ3) is 3.68. The molecule has 0 aliphatic heterocycles. The quantitative estimate of drug-likeness (QED) is 0.609. The van der Waals surface area contributed by atoms with Crippen LogP contribution in [0.15, 0.2) is 48.5 Å². The maximum absolute atomic E-state index is 13.2. The average Bonchev–Trinajstić information content (AvgIpc) is 2.55. The van der Waals surface area contributed by atoms with Gasteiger partial charge in [-0.15, -0.1) is 0 Å². The Morgan fingerprint density at radius 3 is 2.04 bits per heavy atom. The lowest BCUT2D eigenvalue weighted by Gasteiger charge is -2.23. The summed E-state index contributed by atoms with van der Waals surface area (Å²) in [6.07, 6.45) is 0. The Kier molecular flexibility index (Phi) is 5.68. The Morgan fingerprint density at radius 2 is 1.52 bits per heavy atom. The standard InChI is InChI=1S/C19H21O3P/c1-12-8-7-9-13(2)16(12)18(20)17(14(3)19(21)22-23)15-10-5-4-6-11-15/h4-11,14,17H,23H2,1-3H3. The zero-order chi connectivity index (χ0) is 17.0. The van der Waals surface area contributed by atoms with Gasteiger partial charge in [-0.25, -0.2) is 0 Å². The summed E-state index contributed by atoms with van der Waals surface area (Å²) in [7, 11) is 1.96. The fourth-order valence-electron chi connectivity index (χ4n) is 2.93. The van der Waals surface area contributed by atoms with Gasteiger partial charge < -0.3 is 4.52 Å². The number of Topliss-reactive ketones (excluding diaryl/α,β-unsaturated/α-hetero) is 1. The van der Waals surface area contributed by atoms with Crippen LogP contribution < -0.4 is 0 Å². The van der Waals surface area contributed by atoms with Gasteiger partial charge in [0, 0.05) is 5.56 Å². The SMILES string of the molecule is Cc1cccc(C)c1C(=O)C(c1ccccc1)C(C)C(=O)OP. The van der Waals surface area contributed by atoms with Crippen LogP contribution in [-0.4, -0.2) is 11.8 Å². The average molecular weight is 328 g/mol. The number of carbonyl (C=O) groups excluding carboxylic acids is 2. The second-order valence-electron chi connectivity index (χ2n) is 5.74. The van der Waals surface area contributed by atoms with Crippen LogP contribution in [0.1, 0.15) is 39.9 Å². The molecule has 3 unspecified atom stereocenters. The van der Waals surface area contributed by atoms with E-state index >= 15 is 0 Å². The van der Waals surface area contributed by atoms with Gasteiger partial charge in [-0.05, 0) is 30.5 Å². The van der Waals surface area contributed by atoms with E-state index in [2.05, 4.69) is 0 Å². The van der Waals surface area contributed by atoms with Crippen molar-refractivity contribution in [2.75, 3.05) is 0 Å². The summed E-state index contributed by atoms with van der Waals surface area (Å²) >= 11 is 0. The number of benzene rings is 2. The molecule has 0 saturated heterocycles. The highest BCUT2D eigenvalue weighted by Gasteiger charge is 2.34. The predicted molar refractivity (Wildman–Crippen MR) is 94.4 cm³/mol. The normalized spacial score (nSPS) is 13.2. The van der Waals surface area contributed by atoms with Gasteiger partial charge in [0.05, 0.1) is 21.3 Å². The second-order valence-corrected chi connectivity index (χ2v) is 5.98. The molecule has 0 spiro atoms. The number of hydrogen-bond donors (Lipinski definition) is 0. The van der Waals surface area contributed by atoms with Gasteiger partial charge in [0.25, 0.3) is 0 Å². The molecule has 2 rings (SSSR count). The van der Waals surface area contributed by atoms with Crippen molar-refractivity contribution in [2.24, 2.45) is 5.92 Å². The Morgan fingerprint density at radius 1 is 0.957 bits per heavy atom. The lowest BCUT2D eigenvalue weighted by molar-refractivity contribution is -0.137. The third-order valence-electron chi connectivity index (χ3n) is 4.16. The van der Waals surface area contributed by atoms with E-state index in [1.54, 1.807) is 6.92 Å². The molecule has 2 aromatic carbocycles. The number of carbonyl (C=O) groups is 2. The molecule has 4 heteroatoms. The minimum atomic E-state index is -0.568. The van der Waals surface area contributed by atoms with Gasteiger partial charge in [0.1, 0.15) is 0 Å². The van der Waals surface area contributed by atoms with Crippen molar-refractivity contribution in [3.05, 3.63) is 70.8 Å². The first kappa shape index (κ1) is 17.4. The molecule has 0 bridgehead atoms. The van der Waals surface area contributed by atoms with E-state index in [9.17, 15) is 9.59 Å². The molecule has 0 amide bonds. The molecule has 0 radical (unpaired) electrons. The highest BCUT2D eigenvalue weighted by molar-refractivity contribution is 7.10. The molecule has 0 aliphatic carbocycles. The van der Waals surface area contributed by atoms with Crippen LogP contribution in [0.4, 0.5) is 0 Å². The number of rotatable bonds is 5. The molecule has 0 aromatic heterocycles. The molecule has 0 heterocycles. The number of aryl methyl sites for hydroxylation is 2. The first-order valence-corrected chi connectivity index (χ1v) is 8.00. The second kappa shape index (κ2) is 7.52.